The number of H-pyrrole nitrogens is 1. The Morgan fingerprint density at radius 2 is 2.27 bits per heavy atom. The molecule has 0 amide bonds. The number of anilines is 1. The number of hydrogen-bond donors (Lipinski definition) is 2. The summed E-state index contributed by atoms with van der Waals surface area (Å²) in [5.74, 6) is 1.24. The molecule has 0 fully saturated rings. The summed E-state index contributed by atoms with van der Waals surface area (Å²) in [7, 11) is 0. The second-order valence-corrected chi connectivity index (χ2v) is 5.96. The van der Waals surface area contributed by atoms with Crippen LogP contribution < -0.4 is 10.9 Å². The van der Waals surface area contributed by atoms with Crippen LogP contribution in [0.4, 0.5) is 5.82 Å². The molecule has 0 saturated heterocycles. The number of thiophene rings is 1. The van der Waals surface area contributed by atoms with Crippen LogP contribution in [0, 0.1) is 6.92 Å². The highest BCUT2D eigenvalue weighted by Gasteiger charge is 2.10. The second kappa shape index (κ2) is 6.15. The number of nitrogens with zero attached hydrogens (tertiary/aromatic N) is 3. The Balaban J connectivity index is 1.93. The first kappa shape index (κ1) is 14.5. The van der Waals surface area contributed by atoms with Gasteiger partial charge in [-0.05, 0) is 24.8 Å². The van der Waals surface area contributed by atoms with E-state index < -0.39 is 0 Å². The molecule has 3 aromatic heterocycles. The Morgan fingerprint density at radius 1 is 1.41 bits per heavy atom. The summed E-state index contributed by atoms with van der Waals surface area (Å²) in [6.07, 6.45) is 0.703. The fourth-order valence-electron chi connectivity index (χ4n) is 2.15. The minimum atomic E-state index is -0.167. The molecule has 0 saturated carbocycles. The predicted octanol–water partition coefficient (Wildman–Crippen LogP) is 2.50. The Hall–Kier alpha value is -2.41. The van der Waals surface area contributed by atoms with Gasteiger partial charge in [0, 0.05) is 22.7 Å². The quantitative estimate of drug-likeness (QED) is 0.758. The third kappa shape index (κ3) is 3.09. The lowest BCUT2D eigenvalue weighted by Crippen LogP contribution is -2.16. The smallest absolute Gasteiger partial charge is 0.252 e. The summed E-state index contributed by atoms with van der Waals surface area (Å²) < 4.78 is 1.64. The molecule has 0 spiro atoms. The second-order valence-electron chi connectivity index (χ2n) is 4.93. The fraction of sp³-hybridized carbons (Fsp3) is 0.267. The van der Waals surface area contributed by atoms with Crippen molar-refractivity contribution in [3.8, 4) is 5.95 Å². The average Bonchev–Trinajstić information content (AvgIpc) is 3.13. The molecule has 3 rings (SSSR count). The van der Waals surface area contributed by atoms with Crippen molar-refractivity contribution in [2.75, 3.05) is 5.32 Å². The Labute approximate surface area is 131 Å². The number of rotatable bonds is 5. The van der Waals surface area contributed by atoms with E-state index in [-0.39, 0.29) is 5.56 Å². The van der Waals surface area contributed by atoms with Crippen molar-refractivity contribution in [1.29, 1.82) is 0 Å². The first-order chi connectivity index (χ1) is 10.7. The van der Waals surface area contributed by atoms with E-state index in [1.807, 2.05) is 31.4 Å². The Morgan fingerprint density at radius 3 is 3.00 bits per heavy atom. The molecule has 6 nitrogen and oxygen atoms in total. The van der Waals surface area contributed by atoms with Crippen molar-refractivity contribution in [2.24, 2.45) is 0 Å². The van der Waals surface area contributed by atoms with Gasteiger partial charge in [-0.2, -0.15) is 9.78 Å². The molecule has 22 heavy (non-hydrogen) atoms. The number of aryl methyl sites for hydroxylation is 2. The predicted molar refractivity (Wildman–Crippen MR) is 87.7 cm³/mol. The van der Waals surface area contributed by atoms with Crippen molar-refractivity contribution in [2.45, 2.75) is 26.8 Å². The summed E-state index contributed by atoms with van der Waals surface area (Å²) >= 11 is 1.69. The Bertz CT molecular complexity index is 819. The molecule has 0 atom stereocenters. The van der Waals surface area contributed by atoms with E-state index in [0.717, 1.165) is 17.2 Å². The monoisotopic (exact) mass is 315 g/mol. The minimum Gasteiger partial charge on any atom is -0.365 e. The van der Waals surface area contributed by atoms with Crippen LogP contribution in [0.1, 0.15) is 23.2 Å². The molecule has 0 aliphatic rings. The van der Waals surface area contributed by atoms with Crippen molar-refractivity contribution in [3.63, 3.8) is 0 Å². The largest absolute Gasteiger partial charge is 0.365 e. The molecule has 3 aromatic rings. The number of aromatic amines is 1. The molecular formula is C15H17N5OS. The molecule has 0 aliphatic heterocycles. The molecule has 2 N–H and O–H groups in total. The van der Waals surface area contributed by atoms with Crippen molar-refractivity contribution in [1.82, 2.24) is 19.7 Å². The van der Waals surface area contributed by atoms with E-state index in [0.29, 0.717) is 18.9 Å². The lowest BCUT2D eigenvalue weighted by Gasteiger charge is -2.08. The topological polar surface area (TPSA) is 75.6 Å². The highest BCUT2D eigenvalue weighted by atomic mass is 32.1. The van der Waals surface area contributed by atoms with Crippen LogP contribution in [0.15, 0.2) is 34.4 Å². The van der Waals surface area contributed by atoms with Crippen LogP contribution in [0.3, 0.4) is 0 Å². The number of nitrogens with one attached hydrogen (secondary N) is 2. The maximum absolute atomic E-state index is 11.8. The molecule has 0 bridgehead atoms. The van der Waals surface area contributed by atoms with Gasteiger partial charge in [0.15, 0.2) is 0 Å². The van der Waals surface area contributed by atoms with Crippen molar-refractivity contribution >= 4 is 17.2 Å². The molecule has 7 heteroatoms. The lowest BCUT2D eigenvalue weighted by atomic mass is 10.3. The van der Waals surface area contributed by atoms with Gasteiger partial charge in [-0.25, -0.2) is 4.98 Å². The van der Waals surface area contributed by atoms with E-state index in [1.165, 1.54) is 10.9 Å². The van der Waals surface area contributed by atoms with E-state index >= 15 is 0 Å². The van der Waals surface area contributed by atoms with Crippen LogP contribution in [0.5, 0.6) is 0 Å². The van der Waals surface area contributed by atoms with Gasteiger partial charge in [0.05, 0.1) is 12.2 Å². The summed E-state index contributed by atoms with van der Waals surface area (Å²) in [5.41, 5.74) is 1.44. The summed E-state index contributed by atoms with van der Waals surface area (Å²) in [6.45, 7) is 4.59. The van der Waals surface area contributed by atoms with Crippen molar-refractivity contribution in [3.05, 3.63) is 56.3 Å². The Kier molecular flexibility index (Phi) is 4.06. The van der Waals surface area contributed by atoms with Gasteiger partial charge in [-0.15, -0.1) is 11.3 Å². The number of hydrogen-bond acceptors (Lipinski definition) is 5. The summed E-state index contributed by atoms with van der Waals surface area (Å²) in [6, 6.07) is 7.54. The van der Waals surface area contributed by atoms with Gasteiger partial charge < -0.3 is 5.32 Å². The van der Waals surface area contributed by atoms with Gasteiger partial charge >= 0.3 is 0 Å². The van der Waals surface area contributed by atoms with Crippen LogP contribution in [0.2, 0.25) is 0 Å². The van der Waals surface area contributed by atoms with Crippen LogP contribution in [0.25, 0.3) is 5.95 Å². The average molecular weight is 315 g/mol. The van der Waals surface area contributed by atoms with Gasteiger partial charge in [0.25, 0.3) is 5.56 Å². The zero-order valence-corrected chi connectivity index (χ0v) is 13.3. The highest BCUT2D eigenvalue weighted by molar-refractivity contribution is 7.09. The maximum atomic E-state index is 11.8. The minimum absolute atomic E-state index is 0.167. The summed E-state index contributed by atoms with van der Waals surface area (Å²) in [4.78, 5) is 20.2. The molecule has 3 heterocycles. The lowest BCUT2D eigenvalue weighted by molar-refractivity contribution is 0.778. The normalized spacial score (nSPS) is 10.8. The highest BCUT2D eigenvalue weighted by Crippen LogP contribution is 2.16. The van der Waals surface area contributed by atoms with E-state index in [9.17, 15) is 4.79 Å². The standard InChI is InChI=1S/C15H17N5OS/c1-3-11-8-14(21)18-15(17-11)20-13(7-10(2)19-20)16-9-12-5-4-6-22-12/h4-8,16H,3,9H2,1-2H3,(H,17,18,21). The van der Waals surface area contributed by atoms with Gasteiger partial charge in [-0.1, -0.05) is 13.0 Å². The molecule has 0 aliphatic carbocycles. The SMILES string of the molecule is CCc1cc(=O)[nH]c(-n2nc(C)cc2NCc2cccs2)n1. The van der Waals surface area contributed by atoms with E-state index in [2.05, 4.69) is 26.4 Å². The third-order valence-electron chi connectivity index (χ3n) is 3.20. The zero-order valence-electron chi connectivity index (χ0n) is 12.5. The fourth-order valence-corrected chi connectivity index (χ4v) is 2.80. The van der Waals surface area contributed by atoms with Crippen molar-refractivity contribution < 1.29 is 0 Å². The zero-order chi connectivity index (χ0) is 15.5. The van der Waals surface area contributed by atoms with Crippen LogP contribution in [-0.4, -0.2) is 19.7 Å². The van der Waals surface area contributed by atoms with Gasteiger partial charge in [0.1, 0.15) is 5.82 Å². The maximum Gasteiger partial charge on any atom is 0.252 e. The van der Waals surface area contributed by atoms with Crippen LogP contribution in [-0.2, 0) is 13.0 Å². The molecule has 0 radical (unpaired) electrons. The van der Waals surface area contributed by atoms with Crippen LogP contribution >= 0.6 is 11.3 Å². The van der Waals surface area contributed by atoms with E-state index in [1.54, 1.807) is 16.0 Å². The first-order valence-corrected chi connectivity index (χ1v) is 7.97. The molecular weight excluding hydrogens is 298 g/mol. The summed E-state index contributed by atoms with van der Waals surface area (Å²) in [5, 5.41) is 9.81. The van der Waals surface area contributed by atoms with Gasteiger partial charge in [-0.3, -0.25) is 9.78 Å². The molecule has 0 unspecified atom stereocenters. The number of aromatic nitrogens is 4. The van der Waals surface area contributed by atoms with E-state index in [4.69, 9.17) is 0 Å². The third-order valence-corrected chi connectivity index (χ3v) is 4.08. The first-order valence-electron chi connectivity index (χ1n) is 7.09. The molecule has 0 aromatic carbocycles. The molecule has 114 valence electrons. The van der Waals surface area contributed by atoms with Gasteiger partial charge in [0.2, 0.25) is 5.95 Å².